The molecule has 0 atom stereocenters. The fourth-order valence-corrected chi connectivity index (χ4v) is 1.44. The van der Waals surface area contributed by atoms with Crippen LogP contribution in [0.2, 0.25) is 0 Å². The Kier molecular flexibility index (Phi) is 3.21. The summed E-state index contributed by atoms with van der Waals surface area (Å²) in [5.74, 6) is 0.617. The molecular weight excluding hydrogens is 195 g/mol. The summed E-state index contributed by atoms with van der Waals surface area (Å²) >= 11 is 0. The third-order valence-electron chi connectivity index (χ3n) is 2.57. The van der Waals surface area contributed by atoms with Crippen LogP contribution in [0.1, 0.15) is 18.4 Å². The molecule has 0 bridgehead atoms. The van der Waals surface area contributed by atoms with Gasteiger partial charge in [-0.15, -0.1) is 0 Å². The van der Waals surface area contributed by atoms with E-state index in [0.29, 0.717) is 24.7 Å². The van der Waals surface area contributed by atoms with Crippen LogP contribution in [0.25, 0.3) is 0 Å². The molecule has 0 aromatic heterocycles. The minimum absolute atomic E-state index is 0.0434. The van der Waals surface area contributed by atoms with Gasteiger partial charge in [-0.05, 0) is 42.9 Å². The van der Waals surface area contributed by atoms with E-state index in [0.717, 1.165) is 5.56 Å². The lowest BCUT2D eigenvalue weighted by Crippen LogP contribution is -2.01. The van der Waals surface area contributed by atoms with Gasteiger partial charge in [0.15, 0.2) is 11.6 Å². The topological polar surface area (TPSA) is 29.5 Å². The third kappa shape index (κ3) is 2.93. The van der Waals surface area contributed by atoms with Crippen molar-refractivity contribution in [3.05, 3.63) is 29.6 Å². The number of aliphatic hydroxyl groups is 1. The molecule has 0 saturated heterocycles. The molecule has 15 heavy (non-hydrogen) atoms. The van der Waals surface area contributed by atoms with Crippen molar-refractivity contribution in [2.24, 2.45) is 5.92 Å². The summed E-state index contributed by atoms with van der Waals surface area (Å²) in [4.78, 5) is 0. The molecule has 3 heteroatoms. The van der Waals surface area contributed by atoms with Gasteiger partial charge < -0.3 is 9.84 Å². The van der Waals surface area contributed by atoms with Crippen molar-refractivity contribution in [3.63, 3.8) is 0 Å². The SMILES string of the molecule is OCCc1ccc(OCC2CC2)c(F)c1. The maximum atomic E-state index is 13.4. The highest BCUT2D eigenvalue weighted by molar-refractivity contribution is 5.29. The first kappa shape index (κ1) is 10.4. The predicted octanol–water partition coefficient (Wildman–Crippen LogP) is 2.15. The first-order valence-electron chi connectivity index (χ1n) is 5.31. The fraction of sp³-hybridized carbons (Fsp3) is 0.500. The Morgan fingerprint density at radius 1 is 1.40 bits per heavy atom. The van der Waals surface area contributed by atoms with Gasteiger partial charge in [0.1, 0.15) is 0 Å². The molecule has 2 nitrogen and oxygen atoms in total. The Labute approximate surface area is 88.7 Å². The summed E-state index contributed by atoms with van der Waals surface area (Å²) in [6.45, 7) is 0.665. The van der Waals surface area contributed by atoms with Crippen molar-refractivity contribution in [1.82, 2.24) is 0 Å². The van der Waals surface area contributed by atoms with Gasteiger partial charge in [0.2, 0.25) is 0 Å². The maximum absolute atomic E-state index is 13.4. The van der Waals surface area contributed by atoms with Crippen LogP contribution in [0.15, 0.2) is 18.2 Å². The molecule has 1 saturated carbocycles. The lowest BCUT2D eigenvalue weighted by Gasteiger charge is -2.07. The quantitative estimate of drug-likeness (QED) is 0.806. The van der Waals surface area contributed by atoms with Crippen LogP contribution >= 0.6 is 0 Å². The Bertz CT molecular complexity index is 334. The summed E-state index contributed by atoms with van der Waals surface area (Å²) in [5.41, 5.74) is 0.800. The largest absolute Gasteiger partial charge is 0.490 e. The molecule has 1 aromatic rings. The van der Waals surface area contributed by atoms with Gasteiger partial charge in [0.05, 0.1) is 6.61 Å². The third-order valence-corrected chi connectivity index (χ3v) is 2.57. The van der Waals surface area contributed by atoms with Crippen LogP contribution in [-0.4, -0.2) is 18.3 Å². The molecular formula is C12H15FO2. The number of ether oxygens (including phenoxy) is 1. The molecule has 1 aliphatic carbocycles. The number of hydrogen-bond donors (Lipinski definition) is 1. The molecule has 1 fully saturated rings. The summed E-state index contributed by atoms with van der Waals surface area (Å²) in [5, 5.41) is 8.71. The van der Waals surface area contributed by atoms with E-state index in [9.17, 15) is 4.39 Å². The van der Waals surface area contributed by atoms with E-state index < -0.39 is 0 Å². The van der Waals surface area contributed by atoms with Gasteiger partial charge in [-0.2, -0.15) is 0 Å². The predicted molar refractivity (Wildman–Crippen MR) is 55.4 cm³/mol. The van der Waals surface area contributed by atoms with Crippen LogP contribution in [0.3, 0.4) is 0 Å². The second-order valence-corrected chi connectivity index (χ2v) is 3.99. The highest BCUT2D eigenvalue weighted by Crippen LogP contribution is 2.30. The number of benzene rings is 1. The molecule has 2 rings (SSSR count). The minimum atomic E-state index is -0.332. The number of rotatable bonds is 5. The first-order valence-corrected chi connectivity index (χ1v) is 5.31. The molecule has 0 heterocycles. The number of hydrogen-bond acceptors (Lipinski definition) is 2. The van der Waals surface area contributed by atoms with Crippen molar-refractivity contribution in [2.45, 2.75) is 19.3 Å². The van der Waals surface area contributed by atoms with Gasteiger partial charge in [-0.1, -0.05) is 6.07 Å². The second kappa shape index (κ2) is 4.62. The molecule has 82 valence electrons. The maximum Gasteiger partial charge on any atom is 0.165 e. The van der Waals surface area contributed by atoms with Crippen molar-refractivity contribution < 1.29 is 14.2 Å². The van der Waals surface area contributed by atoms with Crippen LogP contribution in [0, 0.1) is 11.7 Å². The standard InChI is InChI=1S/C12H15FO2/c13-11-7-9(5-6-14)3-4-12(11)15-8-10-1-2-10/h3-4,7,10,14H,1-2,5-6,8H2. The molecule has 0 radical (unpaired) electrons. The molecule has 0 spiro atoms. The lowest BCUT2D eigenvalue weighted by molar-refractivity contribution is 0.284. The smallest absolute Gasteiger partial charge is 0.165 e. The normalized spacial score (nSPS) is 15.3. The van der Waals surface area contributed by atoms with Crippen LogP contribution < -0.4 is 4.74 Å². The molecule has 1 N–H and O–H groups in total. The van der Waals surface area contributed by atoms with E-state index in [-0.39, 0.29) is 12.4 Å². The number of halogens is 1. The van der Waals surface area contributed by atoms with E-state index in [1.165, 1.54) is 18.9 Å². The zero-order valence-corrected chi connectivity index (χ0v) is 8.58. The lowest BCUT2D eigenvalue weighted by atomic mass is 10.1. The van der Waals surface area contributed by atoms with E-state index in [1.54, 1.807) is 12.1 Å². The van der Waals surface area contributed by atoms with Gasteiger partial charge in [-0.3, -0.25) is 0 Å². The second-order valence-electron chi connectivity index (χ2n) is 3.99. The van der Waals surface area contributed by atoms with Gasteiger partial charge in [-0.25, -0.2) is 4.39 Å². The van der Waals surface area contributed by atoms with Gasteiger partial charge >= 0.3 is 0 Å². The average Bonchev–Trinajstić information content (AvgIpc) is 3.01. The molecule has 1 aromatic carbocycles. The minimum Gasteiger partial charge on any atom is -0.490 e. The monoisotopic (exact) mass is 210 g/mol. The van der Waals surface area contributed by atoms with E-state index >= 15 is 0 Å². The average molecular weight is 210 g/mol. The Morgan fingerprint density at radius 3 is 2.80 bits per heavy atom. The number of aliphatic hydroxyl groups excluding tert-OH is 1. The zero-order valence-electron chi connectivity index (χ0n) is 8.58. The van der Waals surface area contributed by atoms with Gasteiger partial charge in [0, 0.05) is 6.61 Å². The molecule has 0 aliphatic heterocycles. The van der Waals surface area contributed by atoms with E-state index in [2.05, 4.69) is 0 Å². The van der Waals surface area contributed by atoms with Crippen LogP contribution in [0.4, 0.5) is 4.39 Å². The van der Waals surface area contributed by atoms with Crippen molar-refractivity contribution in [3.8, 4) is 5.75 Å². The van der Waals surface area contributed by atoms with Crippen molar-refractivity contribution >= 4 is 0 Å². The van der Waals surface area contributed by atoms with Gasteiger partial charge in [0.25, 0.3) is 0 Å². The summed E-state index contributed by atoms with van der Waals surface area (Å²) in [7, 11) is 0. The summed E-state index contributed by atoms with van der Waals surface area (Å²) < 4.78 is 18.8. The summed E-state index contributed by atoms with van der Waals surface area (Å²) in [6.07, 6.45) is 2.88. The van der Waals surface area contributed by atoms with Crippen molar-refractivity contribution in [1.29, 1.82) is 0 Å². The molecule has 0 unspecified atom stereocenters. The van der Waals surface area contributed by atoms with Crippen LogP contribution in [0.5, 0.6) is 5.75 Å². The molecule has 1 aliphatic rings. The Morgan fingerprint density at radius 2 is 2.20 bits per heavy atom. The Balaban J connectivity index is 1.97. The van der Waals surface area contributed by atoms with Crippen LogP contribution in [-0.2, 0) is 6.42 Å². The van der Waals surface area contributed by atoms with Crippen molar-refractivity contribution in [2.75, 3.05) is 13.2 Å². The molecule has 0 amide bonds. The first-order chi connectivity index (χ1) is 7.29. The highest BCUT2D eigenvalue weighted by atomic mass is 19.1. The van der Waals surface area contributed by atoms with E-state index in [4.69, 9.17) is 9.84 Å². The Hall–Kier alpha value is -1.09. The highest BCUT2D eigenvalue weighted by Gasteiger charge is 2.22. The zero-order chi connectivity index (χ0) is 10.7. The van der Waals surface area contributed by atoms with E-state index in [1.807, 2.05) is 0 Å². The fourth-order valence-electron chi connectivity index (χ4n) is 1.44. The summed E-state index contributed by atoms with van der Waals surface area (Å²) in [6, 6.07) is 4.86.